The molecule has 5 rings (SSSR count). The van der Waals surface area contributed by atoms with Crippen molar-refractivity contribution in [1.29, 1.82) is 0 Å². The first-order valence-electron chi connectivity index (χ1n) is 11.0. The molecular weight excluding hydrogens is 404 g/mol. The van der Waals surface area contributed by atoms with E-state index in [1.807, 2.05) is 24.5 Å². The standard InChI is InChI=1S/C25H30N4OS/c1-28(2)25(20-6-4-3-5-7-20)14-12-24(13-15-25)18-29(23(30)27-24)22-9-8-21(31-22)19-10-16-26-17-11-19/h3-11,16-17,23,27,30H,12-15,18H2,1-2H3/t23?,24-,25+. The molecule has 162 valence electrons. The lowest BCUT2D eigenvalue weighted by Crippen LogP contribution is -2.54. The highest BCUT2D eigenvalue weighted by Crippen LogP contribution is 2.47. The van der Waals surface area contributed by atoms with Crippen LogP contribution >= 0.6 is 11.3 Å². The highest BCUT2D eigenvalue weighted by molar-refractivity contribution is 7.19. The summed E-state index contributed by atoms with van der Waals surface area (Å²) in [7, 11) is 4.39. The van der Waals surface area contributed by atoms with E-state index >= 15 is 0 Å². The molecule has 1 saturated heterocycles. The van der Waals surface area contributed by atoms with Crippen LogP contribution in [0.25, 0.3) is 10.4 Å². The molecule has 1 aromatic carbocycles. The van der Waals surface area contributed by atoms with E-state index in [4.69, 9.17) is 0 Å². The Morgan fingerprint density at radius 2 is 1.71 bits per heavy atom. The Labute approximate surface area is 188 Å². The molecular formula is C25H30N4OS. The molecule has 2 fully saturated rings. The fraction of sp³-hybridized carbons (Fsp3) is 0.400. The maximum Gasteiger partial charge on any atom is 0.185 e. The van der Waals surface area contributed by atoms with E-state index < -0.39 is 6.35 Å². The molecule has 2 N–H and O–H groups in total. The van der Waals surface area contributed by atoms with Gasteiger partial charge in [0, 0.05) is 34.9 Å². The minimum absolute atomic E-state index is 0.0471. The van der Waals surface area contributed by atoms with Crippen molar-refractivity contribution in [1.82, 2.24) is 15.2 Å². The van der Waals surface area contributed by atoms with Gasteiger partial charge in [0.15, 0.2) is 6.35 Å². The van der Waals surface area contributed by atoms with E-state index in [0.29, 0.717) is 0 Å². The monoisotopic (exact) mass is 434 g/mol. The molecule has 1 spiro atoms. The molecule has 1 aliphatic carbocycles. The number of hydrogen-bond donors (Lipinski definition) is 2. The van der Waals surface area contributed by atoms with Gasteiger partial charge in [0.2, 0.25) is 0 Å². The van der Waals surface area contributed by atoms with Crippen LogP contribution in [-0.2, 0) is 5.54 Å². The lowest BCUT2D eigenvalue weighted by Gasteiger charge is -2.49. The number of pyridine rings is 1. The summed E-state index contributed by atoms with van der Waals surface area (Å²) < 4.78 is 0. The molecule has 3 heterocycles. The van der Waals surface area contributed by atoms with Crippen LogP contribution in [0.1, 0.15) is 31.2 Å². The van der Waals surface area contributed by atoms with Crippen LogP contribution in [0.5, 0.6) is 0 Å². The zero-order chi connectivity index (χ0) is 21.5. The van der Waals surface area contributed by atoms with Crippen LogP contribution in [0, 0.1) is 0 Å². The van der Waals surface area contributed by atoms with Crippen molar-refractivity contribution < 1.29 is 5.11 Å². The van der Waals surface area contributed by atoms with E-state index in [0.717, 1.165) is 37.2 Å². The molecule has 1 aliphatic heterocycles. The van der Waals surface area contributed by atoms with Crippen molar-refractivity contribution in [2.24, 2.45) is 0 Å². The predicted octanol–water partition coefficient (Wildman–Crippen LogP) is 4.27. The Hall–Kier alpha value is -2.25. The number of nitrogens with zero attached hydrogens (tertiary/aromatic N) is 3. The highest BCUT2D eigenvalue weighted by atomic mass is 32.1. The van der Waals surface area contributed by atoms with Gasteiger partial charge in [-0.3, -0.25) is 15.2 Å². The lowest BCUT2D eigenvalue weighted by molar-refractivity contribution is 0.0513. The third kappa shape index (κ3) is 3.68. The van der Waals surface area contributed by atoms with Crippen LogP contribution < -0.4 is 10.2 Å². The number of hydrogen-bond acceptors (Lipinski definition) is 6. The second-order valence-corrected chi connectivity index (χ2v) is 10.2. The summed E-state index contributed by atoms with van der Waals surface area (Å²) in [6.45, 7) is 0.836. The second-order valence-electron chi connectivity index (χ2n) is 9.09. The van der Waals surface area contributed by atoms with Gasteiger partial charge in [-0.1, -0.05) is 30.3 Å². The fourth-order valence-corrected chi connectivity index (χ4v) is 6.38. The van der Waals surface area contributed by atoms with E-state index in [-0.39, 0.29) is 11.1 Å². The van der Waals surface area contributed by atoms with Crippen molar-refractivity contribution >= 4 is 16.3 Å². The average molecular weight is 435 g/mol. The third-order valence-corrected chi connectivity index (χ3v) is 8.42. The molecule has 1 saturated carbocycles. The van der Waals surface area contributed by atoms with Gasteiger partial charge in [-0.2, -0.15) is 0 Å². The summed E-state index contributed by atoms with van der Waals surface area (Å²) in [5, 5.41) is 15.6. The van der Waals surface area contributed by atoms with Crippen molar-refractivity contribution in [3.05, 3.63) is 72.6 Å². The number of nitrogens with one attached hydrogen (secondary N) is 1. The third-order valence-electron chi connectivity index (χ3n) is 7.24. The van der Waals surface area contributed by atoms with E-state index in [1.165, 1.54) is 16.0 Å². The first-order chi connectivity index (χ1) is 15.0. The molecule has 2 aromatic heterocycles. The Kier molecular flexibility index (Phi) is 5.34. The van der Waals surface area contributed by atoms with E-state index in [1.54, 1.807) is 11.3 Å². The molecule has 2 aliphatic rings. The number of aliphatic hydroxyl groups excluding tert-OH is 1. The van der Waals surface area contributed by atoms with Gasteiger partial charge in [0.25, 0.3) is 0 Å². The van der Waals surface area contributed by atoms with E-state index in [2.05, 4.69) is 76.7 Å². The maximum atomic E-state index is 10.9. The number of benzene rings is 1. The zero-order valence-corrected chi connectivity index (χ0v) is 19.0. The number of aliphatic hydroxyl groups is 1. The number of anilines is 1. The number of aromatic nitrogens is 1. The molecule has 31 heavy (non-hydrogen) atoms. The van der Waals surface area contributed by atoms with E-state index in [9.17, 15) is 5.11 Å². The minimum Gasteiger partial charge on any atom is -0.361 e. The summed E-state index contributed by atoms with van der Waals surface area (Å²) >= 11 is 1.73. The summed E-state index contributed by atoms with van der Waals surface area (Å²) in [4.78, 5) is 9.82. The van der Waals surface area contributed by atoms with Crippen molar-refractivity contribution in [3.63, 3.8) is 0 Å². The summed E-state index contributed by atoms with van der Waals surface area (Å²) in [5.41, 5.74) is 2.57. The Bertz CT molecular complexity index is 1010. The van der Waals surface area contributed by atoms with Crippen molar-refractivity contribution in [2.75, 3.05) is 25.5 Å². The van der Waals surface area contributed by atoms with Gasteiger partial charge in [-0.05, 0) is 75.2 Å². The molecule has 3 aromatic rings. The first kappa shape index (κ1) is 20.6. The van der Waals surface area contributed by atoms with Gasteiger partial charge < -0.3 is 10.0 Å². The predicted molar refractivity (Wildman–Crippen MR) is 127 cm³/mol. The van der Waals surface area contributed by atoms with Gasteiger partial charge in [0.1, 0.15) is 0 Å². The molecule has 0 radical (unpaired) electrons. The lowest BCUT2D eigenvalue weighted by atomic mass is 9.69. The molecule has 5 nitrogen and oxygen atoms in total. The topological polar surface area (TPSA) is 51.6 Å². The Morgan fingerprint density at radius 3 is 2.39 bits per heavy atom. The molecule has 1 unspecified atom stereocenters. The summed E-state index contributed by atoms with van der Waals surface area (Å²) in [5.74, 6) is 0. The Morgan fingerprint density at radius 1 is 1.00 bits per heavy atom. The van der Waals surface area contributed by atoms with Gasteiger partial charge in [-0.15, -0.1) is 11.3 Å². The number of thiophene rings is 1. The maximum absolute atomic E-state index is 10.9. The zero-order valence-electron chi connectivity index (χ0n) is 18.2. The molecule has 1 atom stereocenters. The number of rotatable bonds is 4. The van der Waals surface area contributed by atoms with Gasteiger partial charge >= 0.3 is 0 Å². The van der Waals surface area contributed by atoms with Crippen LogP contribution in [0.3, 0.4) is 0 Å². The smallest absolute Gasteiger partial charge is 0.185 e. The molecule has 0 bridgehead atoms. The van der Waals surface area contributed by atoms with Gasteiger partial charge in [-0.25, -0.2) is 0 Å². The summed E-state index contributed by atoms with van der Waals surface area (Å²) in [6.07, 6.45) is 7.22. The molecule has 0 amide bonds. The quantitative estimate of drug-likeness (QED) is 0.642. The molecule has 6 heteroatoms. The summed E-state index contributed by atoms with van der Waals surface area (Å²) in [6, 6.07) is 19.2. The van der Waals surface area contributed by atoms with Crippen LogP contribution in [-0.4, -0.2) is 47.5 Å². The van der Waals surface area contributed by atoms with Crippen LogP contribution in [0.4, 0.5) is 5.00 Å². The first-order valence-corrected chi connectivity index (χ1v) is 11.8. The Balaban J connectivity index is 1.34. The largest absolute Gasteiger partial charge is 0.361 e. The minimum atomic E-state index is -0.646. The normalized spacial score (nSPS) is 28.5. The fourth-order valence-electron chi connectivity index (χ4n) is 5.35. The highest BCUT2D eigenvalue weighted by Gasteiger charge is 2.50. The van der Waals surface area contributed by atoms with Crippen LogP contribution in [0.15, 0.2) is 67.0 Å². The second kappa shape index (κ2) is 8.02. The van der Waals surface area contributed by atoms with Crippen molar-refractivity contribution in [3.8, 4) is 10.4 Å². The van der Waals surface area contributed by atoms with Crippen LogP contribution in [0.2, 0.25) is 0 Å². The van der Waals surface area contributed by atoms with Gasteiger partial charge in [0.05, 0.1) is 5.00 Å². The average Bonchev–Trinajstić information content (AvgIpc) is 3.40. The van der Waals surface area contributed by atoms with Crippen molar-refractivity contribution in [2.45, 2.75) is 43.1 Å². The SMILES string of the molecule is CN(C)[C@]1(c2ccccc2)CC[C@]2(CC1)CN(c1ccc(-c3ccncc3)s1)C(O)N2.